The lowest BCUT2D eigenvalue weighted by Gasteiger charge is -2.22. The molecule has 8 heteroatoms. The van der Waals surface area contributed by atoms with E-state index in [2.05, 4.69) is 22.5 Å². The minimum absolute atomic E-state index is 0.0778. The third kappa shape index (κ3) is 4.89. The predicted molar refractivity (Wildman–Crippen MR) is 133 cm³/mol. The molecule has 2 aromatic carbocycles. The van der Waals surface area contributed by atoms with E-state index in [0.29, 0.717) is 33.8 Å². The molecule has 1 aromatic heterocycles. The Kier molecular flexibility index (Phi) is 6.20. The Morgan fingerprint density at radius 2 is 2.00 bits per heavy atom. The summed E-state index contributed by atoms with van der Waals surface area (Å²) in [6.45, 7) is 3.72. The fraction of sp³-hybridized carbons (Fsp3) is 0.308. The van der Waals surface area contributed by atoms with Gasteiger partial charge in [-0.05, 0) is 67.6 Å². The number of hydrogen-bond acceptors (Lipinski definition) is 5. The molecule has 0 radical (unpaired) electrons. The van der Waals surface area contributed by atoms with Gasteiger partial charge in [-0.1, -0.05) is 18.5 Å². The van der Waals surface area contributed by atoms with Crippen molar-refractivity contribution in [2.75, 3.05) is 23.7 Å². The molecule has 2 N–H and O–H groups in total. The normalized spacial score (nSPS) is 14.5. The van der Waals surface area contributed by atoms with Gasteiger partial charge in [0.1, 0.15) is 0 Å². The predicted octanol–water partition coefficient (Wildman–Crippen LogP) is 5.30. The standard InChI is InChI=1S/C26H26ClN5O2/c1-2-11-32(15-16-3-4-16)25(34)17-5-8-20(9-6-17)29-26-28-14-18-12-23(33)30-22-13-19(27)7-10-21(22)24(18)31-26/h5-10,13-14,16H,2-4,11-12,15H2,1H3,(H,30,33)(H,28,29,31). The first-order chi connectivity index (χ1) is 16.5. The van der Waals surface area contributed by atoms with Crippen LogP contribution in [-0.2, 0) is 11.2 Å². The summed E-state index contributed by atoms with van der Waals surface area (Å²) in [5.74, 6) is 1.02. The van der Waals surface area contributed by atoms with Gasteiger partial charge in [-0.3, -0.25) is 9.59 Å². The fourth-order valence-corrected chi connectivity index (χ4v) is 4.36. The van der Waals surface area contributed by atoms with Crippen molar-refractivity contribution >= 4 is 40.7 Å². The van der Waals surface area contributed by atoms with Crippen molar-refractivity contribution in [3.8, 4) is 11.3 Å². The van der Waals surface area contributed by atoms with E-state index < -0.39 is 0 Å². The Morgan fingerprint density at radius 3 is 2.74 bits per heavy atom. The quantitative estimate of drug-likeness (QED) is 0.484. The Morgan fingerprint density at radius 1 is 1.21 bits per heavy atom. The summed E-state index contributed by atoms with van der Waals surface area (Å²) in [6.07, 6.45) is 5.25. The molecule has 34 heavy (non-hydrogen) atoms. The second-order valence-corrected chi connectivity index (χ2v) is 9.32. The molecule has 174 valence electrons. The third-order valence-corrected chi connectivity index (χ3v) is 6.31. The molecule has 1 aliphatic carbocycles. The summed E-state index contributed by atoms with van der Waals surface area (Å²) in [7, 11) is 0. The van der Waals surface area contributed by atoms with Gasteiger partial charge in [0.15, 0.2) is 0 Å². The maximum absolute atomic E-state index is 13.0. The van der Waals surface area contributed by atoms with Gasteiger partial charge < -0.3 is 15.5 Å². The summed E-state index contributed by atoms with van der Waals surface area (Å²) in [6, 6.07) is 12.7. The molecule has 7 nitrogen and oxygen atoms in total. The first-order valence-electron chi connectivity index (χ1n) is 11.6. The maximum Gasteiger partial charge on any atom is 0.253 e. The van der Waals surface area contributed by atoms with Gasteiger partial charge in [0.25, 0.3) is 5.91 Å². The fourth-order valence-electron chi connectivity index (χ4n) is 4.19. The van der Waals surface area contributed by atoms with Crippen molar-refractivity contribution in [3.63, 3.8) is 0 Å². The van der Waals surface area contributed by atoms with E-state index in [9.17, 15) is 9.59 Å². The average molecular weight is 476 g/mol. The second-order valence-electron chi connectivity index (χ2n) is 8.88. The Bertz CT molecular complexity index is 1240. The largest absolute Gasteiger partial charge is 0.338 e. The SMILES string of the molecule is CCCN(CC1CC1)C(=O)c1ccc(Nc2ncc3c(n2)-c2ccc(Cl)cc2NC(=O)C3)cc1. The van der Waals surface area contributed by atoms with Gasteiger partial charge in [-0.2, -0.15) is 0 Å². The highest BCUT2D eigenvalue weighted by Gasteiger charge is 2.27. The smallest absolute Gasteiger partial charge is 0.253 e. The molecule has 0 unspecified atom stereocenters. The minimum Gasteiger partial charge on any atom is -0.338 e. The van der Waals surface area contributed by atoms with Gasteiger partial charge in [-0.25, -0.2) is 9.97 Å². The number of hydrogen-bond donors (Lipinski definition) is 2. The molecule has 2 heterocycles. The molecule has 0 atom stereocenters. The highest BCUT2D eigenvalue weighted by molar-refractivity contribution is 6.31. The maximum atomic E-state index is 13.0. The lowest BCUT2D eigenvalue weighted by molar-refractivity contribution is -0.115. The number of rotatable bonds is 7. The van der Waals surface area contributed by atoms with Crippen molar-refractivity contribution < 1.29 is 9.59 Å². The Balaban J connectivity index is 1.36. The molecule has 1 saturated carbocycles. The van der Waals surface area contributed by atoms with Crippen LogP contribution in [0.15, 0.2) is 48.7 Å². The Hall–Kier alpha value is -3.45. The second kappa shape index (κ2) is 9.43. The molecule has 0 saturated heterocycles. The van der Waals surface area contributed by atoms with E-state index >= 15 is 0 Å². The highest BCUT2D eigenvalue weighted by atomic mass is 35.5. The van der Waals surface area contributed by atoms with Crippen LogP contribution >= 0.6 is 11.6 Å². The highest BCUT2D eigenvalue weighted by Crippen LogP contribution is 2.35. The van der Waals surface area contributed by atoms with Crippen molar-refractivity contribution in [1.29, 1.82) is 0 Å². The zero-order chi connectivity index (χ0) is 23.7. The van der Waals surface area contributed by atoms with E-state index in [4.69, 9.17) is 16.6 Å². The van der Waals surface area contributed by atoms with Crippen molar-refractivity contribution in [2.24, 2.45) is 5.92 Å². The number of carbonyl (C=O) groups is 2. The molecule has 5 rings (SSSR count). The number of anilines is 3. The summed E-state index contributed by atoms with van der Waals surface area (Å²) in [5, 5.41) is 6.64. The number of amides is 2. The van der Waals surface area contributed by atoms with Crippen molar-refractivity contribution in [1.82, 2.24) is 14.9 Å². The molecule has 2 amide bonds. The van der Waals surface area contributed by atoms with Crippen LogP contribution in [0.2, 0.25) is 5.02 Å². The number of nitrogens with one attached hydrogen (secondary N) is 2. The van der Waals surface area contributed by atoms with E-state index in [-0.39, 0.29) is 18.2 Å². The zero-order valence-electron chi connectivity index (χ0n) is 19.0. The molecular weight excluding hydrogens is 450 g/mol. The van der Waals surface area contributed by atoms with E-state index in [1.54, 1.807) is 18.3 Å². The van der Waals surface area contributed by atoms with Gasteiger partial charge in [-0.15, -0.1) is 0 Å². The molecule has 0 bridgehead atoms. The van der Waals surface area contributed by atoms with Crippen LogP contribution in [0.1, 0.15) is 42.1 Å². The summed E-state index contributed by atoms with van der Waals surface area (Å²) in [4.78, 5) is 36.3. The summed E-state index contributed by atoms with van der Waals surface area (Å²) in [5.41, 5.74) is 4.31. The van der Waals surface area contributed by atoms with Crippen LogP contribution < -0.4 is 10.6 Å². The molecule has 3 aromatic rings. The van der Waals surface area contributed by atoms with Crippen LogP contribution in [0.25, 0.3) is 11.3 Å². The number of aromatic nitrogens is 2. The molecule has 2 aliphatic rings. The molecular formula is C26H26ClN5O2. The van der Waals surface area contributed by atoms with Crippen LogP contribution in [0.5, 0.6) is 0 Å². The third-order valence-electron chi connectivity index (χ3n) is 6.07. The first-order valence-corrected chi connectivity index (χ1v) is 12.0. The lowest BCUT2D eigenvalue weighted by atomic mass is 10.1. The van der Waals surface area contributed by atoms with Crippen LogP contribution in [0.4, 0.5) is 17.3 Å². The van der Waals surface area contributed by atoms with Crippen molar-refractivity contribution in [3.05, 3.63) is 64.8 Å². The molecule has 0 spiro atoms. The van der Waals surface area contributed by atoms with Crippen molar-refractivity contribution in [2.45, 2.75) is 32.6 Å². The molecule has 1 fully saturated rings. The minimum atomic E-state index is -0.134. The molecule has 1 aliphatic heterocycles. The van der Waals surface area contributed by atoms with Crippen LogP contribution in [-0.4, -0.2) is 39.8 Å². The number of benzene rings is 2. The summed E-state index contributed by atoms with van der Waals surface area (Å²) >= 11 is 6.12. The van der Waals surface area contributed by atoms with Gasteiger partial charge in [0, 0.05) is 46.7 Å². The average Bonchev–Trinajstić information content (AvgIpc) is 3.65. The number of nitrogens with zero attached hydrogens (tertiary/aromatic N) is 3. The lowest BCUT2D eigenvalue weighted by Crippen LogP contribution is -2.33. The monoisotopic (exact) mass is 475 g/mol. The number of carbonyl (C=O) groups excluding carboxylic acids is 2. The number of halogens is 1. The van der Waals surface area contributed by atoms with Crippen LogP contribution in [0, 0.1) is 5.92 Å². The van der Waals surface area contributed by atoms with Crippen LogP contribution in [0.3, 0.4) is 0 Å². The van der Waals surface area contributed by atoms with Gasteiger partial charge in [0.2, 0.25) is 11.9 Å². The van der Waals surface area contributed by atoms with E-state index in [1.165, 1.54) is 12.8 Å². The zero-order valence-corrected chi connectivity index (χ0v) is 19.7. The first kappa shape index (κ1) is 22.3. The summed E-state index contributed by atoms with van der Waals surface area (Å²) < 4.78 is 0. The Labute approximate surface area is 203 Å². The van der Waals surface area contributed by atoms with Gasteiger partial charge in [0.05, 0.1) is 17.8 Å². The van der Waals surface area contributed by atoms with E-state index in [0.717, 1.165) is 36.3 Å². The van der Waals surface area contributed by atoms with Gasteiger partial charge >= 0.3 is 0 Å². The topological polar surface area (TPSA) is 87.2 Å². The van der Waals surface area contributed by atoms with E-state index in [1.807, 2.05) is 35.2 Å². The number of fused-ring (bicyclic) bond motifs is 3.